The summed E-state index contributed by atoms with van der Waals surface area (Å²) in [7, 11) is 1.92. The van der Waals surface area contributed by atoms with Gasteiger partial charge in [0.2, 0.25) is 0 Å². The molecule has 0 bridgehead atoms. The van der Waals surface area contributed by atoms with E-state index in [9.17, 15) is 0 Å². The minimum atomic E-state index is 0.205. The summed E-state index contributed by atoms with van der Waals surface area (Å²) in [6, 6.07) is 6.44. The Morgan fingerprint density at radius 2 is 2.20 bits per heavy atom. The molecule has 2 aromatic rings. The summed E-state index contributed by atoms with van der Waals surface area (Å²) in [6.07, 6.45) is 3.49. The van der Waals surface area contributed by atoms with Gasteiger partial charge in [-0.2, -0.15) is 5.10 Å². The van der Waals surface area contributed by atoms with Gasteiger partial charge in [0.25, 0.3) is 0 Å². The van der Waals surface area contributed by atoms with Crippen LogP contribution >= 0.6 is 11.6 Å². The van der Waals surface area contributed by atoms with E-state index in [-0.39, 0.29) is 6.04 Å². The minimum Gasteiger partial charge on any atom is -0.310 e. The van der Waals surface area contributed by atoms with Crippen LogP contribution in [0.25, 0.3) is 0 Å². The first-order valence-electron chi connectivity index (χ1n) is 6.94. The number of halogens is 1. The second kappa shape index (κ2) is 6.86. The van der Waals surface area contributed by atoms with Crippen LogP contribution in [0.1, 0.15) is 36.3 Å². The van der Waals surface area contributed by atoms with E-state index in [1.807, 2.05) is 24.7 Å². The molecular weight excluding hydrogens is 272 g/mol. The summed E-state index contributed by atoms with van der Waals surface area (Å²) >= 11 is 6.24. The van der Waals surface area contributed by atoms with Crippen molar-refractivity contribution in [1.29, 1.82) is 0 Å². The molecule has 0 saturated carbocycles. The van der Waals surface area contributed by atoms with Crippen LogP contribution in [0.4, 0.5) is 0 Å². The van der Waals surface area contributed by atoms with Gasteiger partial charge in [-0.05, 0) is 37.1 Å². The molecule has 1 atom stereocenters. The molecule has 0 spiro atoms. The van der Waals surface area contributed by atoms with Crippen LogP contribution in [0.2, 0.25) is 5.02 Å². The molecule has 20 heavy (non-hydrogen) atoms. The van der Waals surface area contributed by atoms with Gasteiger partial charge in [-0.1, -0.05) is 30.7 Å². The average Bonchev–Trinajstić information content (AvgIpc) is 2.83. The van der Waals surface area contributed by atoms with Crippen LogP contribution < -0.4 is 5.32 Å². The standard InChI is InChI=1S/C15H21ClN4/c1-4-7-17-14(9-15-18-10-19-20(15)3)12-6-5-11(2)13(16)8-12/h5-6,8,10,14,17H,4,7,9H2,1-3H3. The van der Waals surface area contributed by atoms with Crippen molar-refractivity contribution < 1.29 is 0 Å². The van der Waals surface area contributed by atoms with Crippen LogP contribution in [0.3, 0.4) is 0 Å². The molecule has 0 amide bonds. The summed E-state index contributed by atoms with van der Waals surface area (Å²) in [4.78, 5) is 4.31. The Kier molecular flexibility index (Phi) is 5.15. The lowest BCUT2D eigenvalue weighted by Crippen LogP contribution is -2.25. The van der Waals surface area contributed by atoms with Gasteiger partial charge in [-0.3, -0.25) is 4.68 Å². The Morgan fingerprint density at radius 1 is 1.40 bits per heavy atom. The first-order valence-corrected chi connectivity index (χ1v) is 7.32. The molecule has 1 unspecified atom stereocenters. The van der Waals surface area contributed by atoms with Crippen LogP contribution in [0, 0.1) is 6.92 Å². The highest BCUT2D eigenvalue weighted by Crippen LogP contribution is 2.23. The van der Waals surface area contributed by atoms with E-state index >= 15 is 0 Å². The van der Waals surface area contributed by atoms with Crippen LogP contribution in [-0.4, -0.2) is 21.3 Å². The predicted octanol–water partition coefficient (Wildman–Crippen LogP) is 3.06. The second-order valence-corrected chi connectivity index (χ2v) is 5.43. The quantitative estimate of drug-likeness (QED) is 0.890. The molecule has 0 aliphatic carbocycles. The molecule has 108 valence electrons. The Labute approximate surface area is 125 Å². The number of rotatable bonds is 6. The lowest BCUT2D eigenvalue weighted by molar-refractivity contribution is 0.506. The molecule has 5 heteroatoms. The number of nitrogens with one attached hydrogen (secondary N) is 1. The van der Waals surface area contributed by atoms with Crippen molar-refractivity contribution in [2.45, 2.75) is 32.7 Å². The van der Waals surface area contributed by atoms with Crippen molar-refractivity contribution in [2.24, 2.45) is 7.05 Å². The van der Waals surface area contributed by atoms with Crippen LogP contribution in [-0.2, 0) is 13.5 Å². The van der Waals surface area contributed by atoms with E-state index in [2.05, 4.69) is 34.5 Å². The lowest BCUT2D eigenvalue weighted by atomic mass is 10.0. The zero-order valence-electron chi connectivity index (χ0n) is 12.2. The summed E-state index contributed by atoms with van der Waals surface area (Å²) in [5, 5.41) is 8.49. The second-order valence-electron chi connectivity index (χ2n) is 5.02. The van der Waals surface area contributed by atoms with Gasteiger partial charge in [-0.15, -0.1) is 0 Å². The van der Waals surface area contributed by atoms with E-state index in [4.69, 9.17) is 11.6 Å². The Bertz CT molecular complexity index is 565. The molecule has 0 aliphatic rings. The molecule has 0 saturated heterocycles. The van der Waals surface area contributed by atoms with Crippen molar-refractivity contribution >= 4 is 11.6 Å². The van der Waals surface area contributed by atoms with Crippen molar-refractivity contribution in [3.8, 4) is 0 Å². The van der Waals surface area contributed by atoms with Crippen LogP contribution in [0.15, 0.2) is 24.5 Å². The predicted molar refractivity (Wildman–Crippen MR) is 81.9 cm³/mol. The van der Waals surface area contributed by atoms with Gasteiger partial charge in [0.1, 0.15) is 12.2 Å². The Balaban J connectivity index is 2.22. The fourth-order valence-electron chi connectivity index (χ4n) is 2.14. The third-order valence-corrected chi connectivity index (χ3v) is 3.84. The summed E-state index contributed by atoms with van der Waals surface area (Å²) in [6.45, 7) is 5.14. The molecule has 0 aliphatic heterocycles. The number of hydrogen-bond acceptors (Lipinski definition) is 3. The summed E-state index contributed by atoms with van der Waals surface area (Å²) in [5.41, 5.74) is 2.29. The molecule has 1 aromatic carbocycles. The van der Waals surface area contributed by atoms with Crippen molar-refractivity contribution in [2.75, 3.05) is 6.54 Å². The fourth-order valence-corrected chi connectivity index (χ4v) is 2.33. The highest BCUT2D eigenvalue weighted by Gasteiger charge is 2.15. The monoisotopic (exact) mass is 292 g/mol. The van der Waals surface area contributed by atoms with Crippen molar-refractivity contribution in [3.05, 3.63) is 46.5 Å². The Hall–Kier alpha value is -1.39. The smallest absolute Gasteiger partial charge is 0.138 e. The van der Waals surface area contributed by atoms with Gasteiger partial charge in [0.05, 0.1) is 0 Å². The highest BCUT2D eigenvalue weighted by molar-refractivity contribution is 6.31. The number of benzene rings is 1. The third-order valence-electron chi connectivity index (χ3n) is 3.43. The topological polar surface area (TPSA) is 42.7 Å². The van der Waals surface area contributed by atoms with Crippen molar-refractivity contribution in [3.63, 3.8) is 0 Å². The number of nitrogens with zero attached hydrogens (tertiary/aromatic N) is 3. The maximum atomic E-state index is 6.24. The first-order chi connectivity index (χ1) is 9.61. The zero-order valence-corrected chi connectivity index (χ0v) is 13.0. The minimum absolute atomic E-state index is 0.205. The molecule has 0 radical (unpaired) electrons. The average molecular weight is 293 g/mol. The number of aryl methyl sites for hydroxylation is 2. The zero-order chi connectivity index (χ0) is 14.5. The maximum Gasteiger partial charge on any atom is 0.138 e. The third kappa shape index (κ3) is 3.58. The number of aromatic nitrogens is 3. The van der Waals surface area contributed by atoms with Gasteiger partial charge in [0, 0.05) is 24.5 Å². The molecule has 1 heterocycles. The lowest BCUT2D eigenvalue weighted by Gasteiger charge is -2.19. The normalized spacial score (nSPS) is 12.6. The maximum absolute atomic E-state index is 6.24. The molecule has 1 aromatic heterocycles. The molecule has 4 nitrogen and oxygen atoms in total. The summed E-state index contributed by atoms with van der Waals surface area (Å²) in [5.74, 6) is 0.968. The molecular formula is C15H21ClN4. The van der Waals surface area contributed by atoms with E-state index < -0.39 is 0 Å². The first kappa shape index (κ1) is 15.0. The fraction of sp³-hybridized carbons (Fsp3) is 0.467. The van der Waals surface area contributed by atoms with E-state index in [0.717, 1.165) is 35.8 Å². The van der Waals surface area contributed by atoms with E-state index in [0.29, 0.717) is 0 Å². The molecule has 0 fully saturated rings. The van der Waals surface area contributed by atoms with Gasteiger partial charge < -0.3 is 5.32 Å². The van der Waals surface area contributed by atoms with Gasteiger partial charge >= 0.3 is 0 Å². The summed E-state index contributed by atoms with van der Waals surface area (Å²) < 4.78 is 1.82. The number of hydrogen-bond donors (Lipinski definition) is 1. The van der Waals surface area contributed by atoms with E-state index in [1.54, 1.807) is 6.33 Å². The molecule has 1 N–H and O–H groups in total. The van der Waals surface area contributed by atoms with E-state index in [1.165, 1.54) is 5.56 Å². The van der Waals surface area contributed by atoms with Crippen LogP contribution in [0.5, 0.6) is 0 Å². The molecule has 2 rings (SSSR count). The SMILES string of the molecule is CCCNC(Cc1ncnn1C)c1ccc(C)c(Cl)c1. The van der Waals surface area contributed by atoms with Gasteiger partial charge in [0.15, 0.2) is 0 Å². The highest BCUT2D eigenvalue weighted by atomic mass is 35.5. The van der Waals surface area contributed by atoms with Crippen molar-refractivity contribution in [1.82, 2.24) is 20.1 Å². The Morgan fingerprint density at radius 3 is 2.80 bits per heavy atom. The largest absolute Gasteiger partial charge is 0.310 e. The van der Waals surface area contributed by atoms with Gasteiger partial charge in [-0.25, -0.2) is 4.98 Å².